The lowest BCUT2D eigenvalue weighted by Crippen LogP contribution is -2.47. The van der Waals surface area contributed by atoms with Crippen molar-refractivity contribution in [2.45, 2.75) is 57.4 Å². The van der Waals surface area contributed by atoms with Crippen LogP contribution in [0, 0.1) is 5.92 Å². The maximum Gasteiger partial charge on any atom is 0.224 e. The molecule has 1 spiro atoms. The van der Waals surface area contributed by atoms with Crippen molar-refractivity contribution in [1.29, 1.82) is 0 Å². The molecule has 2 aliphatic heterocycles. The van der Waals surface area contributed by atoms with Crippen LogP contribution in [0.4, 0.5) is 0 Å². The minimum Gasteiger partial charge on any atom is -0.359 e. The highest BCUT2D eigenvalue weighted by Gasteiger charge is 2.40. The molecule has 21 heavy (non-hydrogen) atoms. The van der Waals surface area contributed by atoms with Crippen LogP contribution < -0.4 is 5.32 Å². The number of amides is 1. The summed E-state index contributed by atoms with van der Waals surface area (Å²) in [5, 5.41) is 4.74. The standard InChI is InChI=1S/C16H27N3OS/c1-13-5-4-7-16(11-13)12-21-15(18-16)17-8-6-14(20)19-9-2-3-10-19/h13H,2-12H2,1H3,(H,17,18). The molecule has 2 unspecified atom stereocenters. The van der Waals surface area contributed by atoms with Gasteiger partial charge in [-0.15, -0.1) is 0 Å². The van der Waals surface area contributed by atoms with Crippen LogP contribution >= 0.6 is 11.8 Å². The molecular formula is C16H27N3OS. The Morgan fingerprint density at radius 2 is 2.24 bits per heavy atom. The molecule has 118 valence electrons. The fourth-order valence-corrected chi connectivity index (χ4v) is 5.09. The highest BCUT2D eigenvalue weighted by atomic mass is 32.2. The molecule has 0 aromatic carbocycles. The zero-order valence-electron chi connectivity index (χ0n) is 13.1. The molecule has 1 N–H and O–H groups in total. The highest BCUT2D eigenvalue weighted by Crippen LogP contribution is 2.38. The molecule has 0 bridgehead atoms. The minimum atomic E-state index is 0.279. The van der Waals surface area contributed by atoms with E-state index < -0.39 is 0 Å². The third kappa shape index (κ3) is 3.74. The van der Waals surface area contributed by atoms with E-state index >= 15 is 0 Å². The van der Waals surface area contributed by atoms with Gasteiger partial charge in [0.05, 0.1) is 6.54 Å². The average Bonchev–Trinajstić information content (AvgIpc) is 3.09. The van der Waals surface area contributed by atoms with E-state index in [-0.39, 0.29) is 5.91 Å². The molecule has 2 atom stereocenters. The molecule has 4 nitrogen and oxygen atoms in total. The Hall–Kier alpha value is -0.710. The quantitative estimate of drug-likeness (QED) is 0.871. The summed E-state index contributed by atoms with van der Waals surface area (Å²) in [4.78, 5) is 18.6. The van der Waals surface area contributed by atoms with Gasteiger partial charge in [0, 0.05) is 30.8 Å². The number of carbonyl (C=O) groups excluding carboxylic acids is 1. The summed E-state index contributed by atoms with van der Waals surface area (Å²) in [6, 6.07) is 0. The maximum atomic E-state index is 12.0. The lowest BCUT2D eigenvalue weighted by atomic mass is 9.78. The number of amidine groups is 1. The summed E-state index contributed by atoms with van der Waals surface area (Å²) < 4.78 is 0. The first-order valence-corrected chi connectivity index (χ1v) is 9.39. The van der Waals surface area contributed by atoms with E-state index in [0.717, 1.165) is 29.9 Å². The first kappa shape index (κ1) is 15.2. The molecule has 5 heteroatoms. The summed E-state index contributed by atoms with van der Waals surface area (Å²) in [5.41, 5.74) is 0.292. The predicted molar refractivity (Wildman–Crippen MR) is 88.7 cm³/mol. The second-order valence-corrected chi connectivity index (χ2v) is 7.88. The Labute approximate surface area is 132 Å². The van der Waals surface area contributed by atoms with E-state index in [1.165, 1.54) is 38.5 Å². The van der Waals surface area contributed by atoms with Crippen LogP contribution in [-0.2, 0) is 4.79 Å². The monoisotopic (exact) mass is 309 g/mol. The van der Waals surface area contributed by atoms with Gasteiger partial charge in [0.2, 0.25) is 5.91 Å². The van der Waals surface area contributed by atoms with Gasteiger partial charge in [-0.05, 0) is 31.6 Å². The summed E-state index contributed by atoms with van der Waals surface area (Å²) in [7, 11) is 0. The maximum absolute atomic E-state index is 12.0. The third-order valence-corrected chi connectivity index (χ3v) is 6.19. The molecule has 1 amide bonds. The lowest BCUT2D eigenvalue weighted by molar-refractivity contribution is -0.129. The number of carbonyl (C=O) groups is 1. The highest BCUT2D eigenvalue weighted by molar-refractivity contribution is 8.14. The molecule has 2 saturated heterocycles. The van der Waals surface area contributed by atoms with Crippen LogP contribution in [0.2, 0.25) is 0 Å². The zero-order chi connectivity index (χ0) is 14.7. The SMILES string of the molecule is CC1CCCC2(CSC(=NCCC(=O)N3CCCC3)N2)C1. The number of nitrogens with zero attached hydrogens (tertiary/aromatic N) is 2. The van der Waals surface area contributed by atoms with E-state index in [4.69, 9.17) is 0 Å². The van der Waals surface area contributed by atoms with Crippen molar-refractivity contribution in [2.24, 2.45) is 10.9 Å². The van der Waals surface area contributed by atoms with Crippen LogP contribution in [0.3, 0.4) is 0 Å². The second kappa shape index (κ2) is 6.59. The first-order chi connectivity index (χ1) is 10.2. The Morgan fingerprint density at radius 1 is 1.43 bits per heavy atom. The molecule has 2 heterocycles. The van der Waals surface area contributed by atoms with Gasteiger partial charge in [-0.2, -0.15) is 0 Å². The Morgan fingerprint density at radius 3 is 3.00 bits per heavy atom. The van der Waals surface area contributed by atoms with Gasteiger partial charge in [0.25, 0.3) is 0 Å². The van der Waals surface area contributed by atoms with Crippen molar-refractivity contribution in [3.05, 3.63) is 0 Å². The number of rotatable bonds is 3. The smallest absolute Gasteiger partial charge is 0.224 e. The van der Waals surface area contributed by atoms with Gasteiger partial charge in [-0.25, -0.2) is 0 Å². The molecule has 3 aliphatic rings. The minimum absolute atomic E-state index is 0.279. The van der Waals surface area contributed by atoms with Crippen molar-refractivity contribution >= 4 is 22.8 Å². The van der Waals surface area contributed by atoms with E-state index in [0.29, 0.717) is 18.5 Å². The van der Waals surface area contributed by atoms with E-state index in [1.807, 2.05) is 16.7 Å². The number of nitrogens with one attached hydrogen (secondary N) is 1. The van der Waals surface area contributed by atoms with Gasteiger partial charge in [0.1, 0.15) is 0 Å². The van der Waals surface area contributed by atoms with Gasteiger partial charge in [-0.1, -0.05) is 31.5 Å². The van der Waals surface area contributed by atoms with Gasteiger partial charge in [-0.3, -0.25) is 9.79 Å². The summed E-state index contributed by atoms with van der Waals surface area (Å²) in [6.07, 6.45) is 8.13. The molecule has 0 radical (unpaired) electrons. The molecule has 3 rings (SSSR count). The van der Waals surface area contributed by atoms with Crippen LogP contribution in [-0.4, -0.2) is 46.9 Å². The van der Waals surface area contributed by atoms with Crippen molar-refractivity contribution in [2.75, 3.05) is 25.4 Å². The van der Waals surface area contributed by atoms with E-state index in [1.54, 1.807) is 0 Å². The van der Waals surface area contributed by atoms with Crippen molar-refractivity contribution < 1.29 is 4.79 Å². The summed E-state index contributed by atoms with van der Waals surface area (Å²) >= 11 is 1.85. The predicted octanol–water partition coefficient (Wildman–Crippen LogP) is 2.64. The van der Waals surface area contributed by atoms with E-state index in [2.05, 4.69) is 17.2 Å². The van der Waals surface area contributed by atoms with Gasteiger partial charge in [0.15, 0.2) is 5.17 Å². The lowest BCUT2D eigenvalue weighted by Gasteiger charge is -2.36. The number of aliphatic imine (C=N–C) groups is 1. The zero-order valence-corrected chi connectivity index (χ0v) is 13.9. The Bertz CT molecular complexity index is 420. The molecule has 1 saturated carbocycles. The number of likely N-dealkylation sites (tertiary alicyclic amines) is 1. The largest absolute Gasteiger partial charge is 0.359 e. The van der Waals surface area contributed by atoms with Crippen LogP contribution in [0.5, 0.6) is 0 Å². The van der Waals surface area contributed by atoms with Crippen molar-refractivity contribution in [3.8, 4) is 0 Å². The number of hydrogen-bond donors (Lipinski definition) is 1. The fraction of sp³-hybridized carbons (Fsp3) is 0.875. The molecule has 0 aromatic heterocycles. The van der Waals surface area contributed by atoms with Crippen molar-refractivity contribution in [1.82, 2.24) is 10.2 Å². The number of thioether (sulfide) groups is 1. The Balaban J connectivity index is 1.46. The van der Waals surface area contributed by atoms with Crippen LogP contribution in [0.25, 0.3) is 0 Å². The van der Waals surface area contributed by atoms with E-state index in [9.17, 15) is 4.79 Å². The average molecular weight is 309 g/mol. The Kier molecular flexibility index (Phi) is 4.77. The summed E-state index contributed by atoms with van der Waals surface area (Å²) in [6.45, 7) is 4.89. The molecule has 3 fully saturated rings. The topological polar surface area (TPSA) is 44.7 Å². The molecule has 0 aromatic rings. The fourth-order valence-electron chi connectivity index (χ4n) is 3.87. The second-order valence-electron chi connectivity index (χ2n) is 6.92. The van der Waals surface area contributed by atoms with Gasteiger partial charge >= 0.3 is 0 Å². The first-order valence-electron chi connectivity index (χ1n) is 8.40. The van der Waals surface area contributed by atoms with Crippen LogP contribution in [0.15, 0.2) is 4.99 Å². The van der Waals surface area contributed by atoms with Gasteiger partial charge < -0.3 is 10.2 Å². The third-order valence-electron chi connectivity index (χ3n) is 4.99. The molecular weight excluding hydrogens is 282 g/mol. The van der Waals surface area contributed by atoms with Crippen molar-refractivity contribution in [3.63, 3.8) is 0 Å². The molecule has 1 aliphatic carbocycles. The number of hydrogen-bond acceptors (Lipinski definition) is 3. The van der Waals surface area contributed by atoms with Crippen LogP contribution in [0.1, 0.15) is 51.9 Å². The summed E-state index contributed by atoms with van der Waals surface area (Å²) in [5.74, 6) is 2.25. The normalized spacial score (nSPS) is 34.6.